The summed E-state index contributed by atoms with van der Waals surface area (Å²) in [5, 5.41) is 2.86. The lowest BCUT2D eigenvalue weighted by molar-refractivity contribution is -0.120. The van der Waals surface area contributed by atoms with Gasteiger partial charge in [-0.05, 0) is 43.2 Å². The first-order valence-corrected chi connectivity index (χ1v) is 8.72. The van der Waals surface area contributed by atoms with E-state index in [0.29, 0.717) is 18.0 Å². The van der Waals surface area contributed by atoms with Crippen LogP contribution in [0, 0.1) is 0 Å². The van der Waals surface area contributed by atoms with E-state index >= 15 is 0 Å². The number of carbonyl (C=O) groups is 1. The van der Waals surface area contributed by atoms with Gasteiger partial charge in [0.15, 0.2) is 11.5 Å². The quantitative estimate of drug-likeness (QED) is 0.744. The van der Waals surface area contributed by atoms with Gasteiger partial charge in [0.2, 0.25) is 5.91 Å². The molecule has 0 aliphatic carbocycles. The molecule has 0 heterocycles. The van der Waals surface area contributed by atoms with Crippen molar-refractivity contribution in [1.29, 1.82) is 0 Å². The number of nitrogens with one attached hydrogen (secondary N) is 1. The third kappa shape index (κ3) is 5.20. The molecule has 0 aliphatic rings. The monoisotopic (exact) mass is 345 g/mol. The zero-order chi connectivity index (χ0) is 17.4. The van der Waals surface area contributed by atoms with Crippen LogP contribution < -0.4 is 14.8 Å². The van der Waals surface area contributed by atoms with Crippen molar-refractivity contribution in [2.45, 2.75) is 23.5 Å². The summed E-state index contributed by atoms with van der Waals surface area (Å²) in [5.74, 6) is 1.46. The van der Waals surface area contributed by atoms with Gasteiger partial charge < -0.3 is 14.8 Å². The Bertz CT molecular complexity index is 661. The summed E-state index contributed by atoms with van der Waals surface area (Å²) in [5.41, 5.74) is 1.09. The average Bonchev–Trinajstić information content (AvgIpc) is 2.62. The van der Waals surface area contributed by atoms with Gasteiger partial charge in [0, 0.05) is 11.4 Å². The highest BCUT2D eigenvalue weighted by Gasteiger charge is 2.13. The second-order valence-corrected chi connectivity index (χ2v) is 6.72. The van der Waals surface area contributed by atoms with Gasteiger partial charge >= 0.3 is 0 Å². The van der Waals surface area contributed by atoms with Gasteiger partial charge in [0.05, 0.1) is 19.5 Å². The Morgan fingerprint density at radius 3 is 2.46 bits per heavy atom. The highest BCUT2D eigenvalue weighted by atomic mass is 32.2. The minimum Gasteiger partial charge on any atom is -0.493 e. The van der Waals surface area contributed by atoms with Crippen LogP contribution in [0.1, 0.15) is 12.5 Å². The summed E-state index contributed by atoms with van der Waals surface area (Å²) in [6.07, 6.45) is 0.745. The maximum atomic E-state index is 12.2. The number of hydrogen-bond acceptors (Lipinski definition) is 4. The number of thioether (sulfide) groups is 1. The van der Waals surface area contributed by atoms with E-state index in [0.717, 1.165) is 16.9 Å². The lowest BCUT2D eigenvalue weighted by Crippen LogP contribution is -2.32. The topological polar surface area (TPSA) is 47.6 Å². The smallest absolute Gasteiger partial charge is 0.233 e. The summed E-state index contributed by atoms with van der Waals surface area (Å²) in [7, 11) is 3.23. The van der Waals surface area contributed by atoms with Crippen LogP contribution in [-0.2, 0) is 11.2 Å². The SMILES string of the molecule is COc1ccc(CCNC(=O)[C@H](C)Sc2ccccc2)cc1OC. The van der Waals surface area contributed by atoms with Crippen molar-refractivity contribution >= 4 is 17.7 Å². The van der Waals surface area contributed by atoms with Crippen LogP contribution in [0.25, 0.3) is 0 Å². The summed E-state index contributed by atoms with van der Waals surface area (Å²) >= 11 is 1.56. The third-order valence-corrected chi connectivity index (χ3v) is 4.70. The number of rotatable bonds is 8. The Kier molecular flexibility index (Phi) is 7.00. The molecule has 0 radical (unpaired) electrons. The maximum absolute atomic E-state index is 12.2. The van der Waals surface area contributed by atoms with E-state index in [1.807, 2.05) is 55.5 Å². The fourth-order valence-electron chi connectivity index (χ4n) is 2.27. The molecular formula is C19H23NO3S. The molecule has 0 bridgehead atoms. The van der Waals surface area contributed by atoms with Crippen LogP contribution in [-0.4, -0.2) is 31.9 Å². The molecule has 0 saturated carbocycles. The lowest BCUT2D eigenvalue weighted by atomic mass is 10.1. The fraction of sp³-hybridized carbons (Fsp3) is 0.316. The zero-order valence-electron chi connectivity index (χ0n) is 14.2. The Morgan fingerprint density at radius 2 is 1.79 bits per heavy atom. The number of ether oxygens (including phenoxy) is 2. The van der Waals surface area contributed by atoms with E-state index in [1.54, 1.807) is 26.0 Å². The standard InChI is InChI=1S/C19H23NO3S/c1-14(24-16-7-5-4-6-8-16)19(21)20-12-11-15-9-10-17(22-2)18(13-15)23-3/h4-10,13-14H,11-12H2,1-3H3,(H,20,21)/t14-/m0/s1. The first-order valence-electron chi connectivity index (χ1n) is 7.84. The molecule has 0 spiro atoms. The van der Waals surface area contributed by atoms with Gasteiger partial charge in [-0.3, -0.25) is 4.79 Å². The molecule has 128 valence electrons. The summed E-state index contributed by atoms with van der Waals surface area (Å²) < 4.78 is 10.5. The number of carbonyl (C=O) groups excluding carboxylic acids is 1. The molecule has 0 aliphatic heterocycles. The molecule has 1 atom stereocenters. The van der Waals surface area contributed by atoms with Gasteiger partial charge in [0.25, 0.3) is 0 Å². The molecule has 4 nitrogen and oxygen atoms in total. The molecule has 2 rings (SSSR count). The van der Waals surface area contributed by atoms with Crippen LogP contribution in [0.15, 0.2) is 53.4 Å². The van der Waals surface area contributed by atoms with E-state index < -0.39 is 0 Å². The van der Waals surface area contributed by atoms with Gasteiger partial charge in [-0.15, -0.1) is 11.8 Å². The number of benzene rings is 2. The predicted molar refractivity (Wildman–Crippen MR) is 98.0 cm³/mol. The van der Waals surface area contributed by atoms with Crippen molar-refractivity contribution < 1.29 is 14.3 Å². The van der Waals surface area contributed by atoms with E-state index in [1.165, 1.54) is 0 Å². The van der Waals surface area contributed by atoms with E-state index in [4.69, 9.17) is 9.47 Å². The van der Waals surface area contributed by atoms with Gasteiger partial charge in [-0.2, -0.15) is 0 Å². The summed E-state index contributed by atoms with van der Waals surface area (Å²) in [4.78, 5) is 13.3. The molecule has 24 heavy (non-hydrogen) atoms. The number of methoxy groups -OCH3 is 2. The molecule has 1 amide bonds. The Morgan fingerprint density at radius 1 is 1.08 bits per heavy atom. The fourth-order valence-corrected chi connectivity index (χ4v) is 3.18. The zero-order valence-corrected chi connectivity index (χ0v) is 15.1. The number of hydrogen-bond donors (Lipinski definition) is 1. The van der Waals surface area contributed by atoms with Crippen molar-refractivity contribution in [1.82, 2.24) is 5.32 Å². The lowest BCUT2D eigenvalue weighted by Gasteiger charge is -2.13. The van der Waals surface area contributed by atoms with Crippen LogP contribution in [0.2, 0.25) is 0 Å². The van der Waals surface area contributed by atoms with Gasteiger partial charge in [-0.1, -0.05) is 24.3 Å². The molecule has 0 fully saturated rings. The van der Waals surface area contributed by atoms with Crippen LogP contribution in [0.4, 0.5) is 0 Å². The van der Waals surface area contributed by atoms with Crippen molar-refractivity contribution in [3.8, 4) is 11.5 Å². The first kappa shape index (κ1) is 18.2. The highest BCUT2D eigenvalue weighted by Crippen LogP contribution is 2.27. The predicted octanol–water partition coefficient (Wildman–Crippen LogP) is 3.54. The molecule has 0 unspecified atom stereocenters. The Labute approximate surface area is 147 Å². The number of amides is 1. The maximum Gasteiger partial charge on any atom is 0.233 e. The molecule has 5 heteroatoms. The molecule has 2 aromatic rings. The van der Waals surface area contributed by atoms with Crippen molar-refractivity contribution in [2.75, 3.05) is 20.8 Å². The molecule has 0 aromatic heterocycles. The van der Waals surface area contributed by atoms with E-state index in [2.05, 4.69) is 5.32 Å². The minimum atomic E-state index is -0.127. The van der Waals surface area contributed by atoms with Crippen LogP contribution >= 0.6 is 11.8 Å². The van der Waals surface area contributed by atoms with Crippen LogP contribution in [0.3, 0.4) is 0 Å². The van der Waals surface area contributed by atoms with E-state index in [-0.39, 0.29) is 11.2 Å². The minimum absolute atomic E-state index is 0.0457. The first-order chi connectivity index (χ1) is 11.6. The molecular weight excluding hydrogens is 322 g/mol. The average molecular weight is 345 g/mol. The van der Waals surface area contributed by atoms with Crippen molar-refractivity contribution in [3.05, 3.63) is 54.1 Å². The van der Waals surface area contributed by atoms with Crippen molar-refractivity contribution in [2.24, 2.45) is 0 Å². The van der Waals surface area contributed by atoms with Gasteiger partial charge in [0.1, 0.15) is 0 Å². The largest absolute Gasteiger partial charge is 0.493 e. The van der Waals surface area contributed by atoms with Crippen LogP contribution in [0.5, 0.6) is 11.5 Å². The second kappa shape index (κ2) is 9.23. The Balaban J connectivity index is 1.82. The third-order valence-electron chi connectivity index (χ3n) is 3.59. The molecule has 0 saturated heterocycles. The molecule has 2 aromatic carbocycles. The summed E-state index contributed by atoms with van der Waals surface area (Å²) in [6, 6.07) is 15.7. The van der Waals surface area contributed by atoms with E-state index in [9.17, 15) is 4.79 Å². The highest BCUT2D eigenvalue weighted by molar-refractivity contribution is 8.00. The van der Waals surface area contributed by atoms with Gasteiger partial charge in [-0.25, -0.2) is 0 Å². The summed E-state index contributed by atoms with van der Waals surface area (Å²) in [6.45, 7) is 2.51. The molecule has 1 N–H and O–H groups in total. The van der Waals surface area contributed by atoms with Crippen molar-refractivity contribution in [3.63, 3.8) is 0 Å². The second-order valence-electron chi connectivity index (χ2n) is 5.30. The Hall–Kier alpha value is -2.14. The normalized spacial score (nSPS) is 11.6.